The summed E-state index contributed by atoms with van der Waals surface area (Å²) in [5.41, 5.74) is -3.20. The van der Waals surface area contributed by atoms with Gasteiger partial charge in [0.2, 0.25) is 0 Å². The first-order valence-electron chi connectivity index (χ1n) is 11.8. The second-order valence-corrected chi connectivity index (χ2v) is 11.1. The van der Waals surface area contributed by atoms with Gasteiger partial charge in [-0.2, -0.15) is 18.2 Å². The van der Waals surface area contributed by atoms with Crippen molar-refractivity contribution < 1.29 is 37.3 Å². The molecule has 8 nitrogen and oxygen atoms in total. The number of carbonyl (C=O) groups is 2. The number of hydrogen-bond acceptors (Lipinski definition) is 6. The van der Waals surface area contributed by atoms with E-state index in [9.17, 15) is 27.9 Å². The van der Waals surface area contributed by atoms with Gasteiger partial charge in [0.1, 0.15) is 12.2 Å². The number of allylic oxidation sites excluding steroid dienone is 9. The standard InChI is InChI=1S/C26H29Cl3F3N3O5/c1-24(2,3)40-23(37)35(34-22(36)14-39-4)21-10-6-15(5-9-19(21)29)20(33)13-25(38,26(30,31)32)16-7-8-17(27)12-18(28)11-16/h5-7,9,11-12,33,38H,8,10,13-14H2,1-4H3,(H,34,36). The molecule has 0 bridgehead atoms. The molecule has 0 aliphatic heterocycles. The van der Waals surface area contributed by atoms with E-state index < -0.39 is 53.7 Å². The molecule has 0 fully saturated rings. The van der Waals surface area contributed by atoms with Crippen LogP contribution in [0.4, 0.5) is 18.0 Å². The maximum atomic E-state index is 14.2. The number of rotatable bonds is 7. The second-order valence-electron chi connectivity index (χ2n) is 9.77. The highest BCUT2D eigenvalue weighted by Gasteiger charge is 2.56. The van der Waals surface area contributed by atoms with Crippen LogP contribution in [0.25, 0.3) is 0 Å². The van der Waals surface area contributed by atoms with E-state index in [2.05, 4.69) is 5.43 Å². The van der Waals surface area contributed by atoms with E-state index in [1.807, 2.05) is 0 Å². The summed E-state index contributed by atoms with van der Waals surface area (Å²) in [5, 5.41) is 20.1. The van der Waals surface area contributed by atoms with Gasteiger partial charge in [-0.15, -0.1) is 0 Å². The molecule has 0 heterocycles. The number of aliphatic hydroxyl groups is 1. The Hall–Kier alpha value is -2.57. The summed E-state index contributed by atoms with van der Waals surface area (Å²) in [7, 11) is 1.28. The molecule has 0 saturated heterocycles. The van der Waals surface area contributed by atoms with Crippen molar-refractivity contribution in [3.8, 4) is 0 Å². The minimum Gasteiger partial charge on any atom is -0.442 e. The fourth-order valence-corrected chi connectivity index (χ4v) is 4.27. The molecule has 2 aliphatic rings. The molecule has 1 unspecified atom stereocenters. The fourth-order valence-electron chi connectivity index (χ4n) is 3.55. The first-order valence-corrected chi connectivity index (χ1v) is 12.9. The van der Waals surface area contributed by atoms with Crippen molar-refractivity contribution in [2.24, 2.45) is 0 Å². The summed E-state index contributed by atoms with van der Waals surface area (Å²) >= 11 is 18.3. The number of methoxy groups -OCH3 is 1. The predicted octanol–water partition coefficient (Wildman–Crippen LogP) is 6.52. The quantitative estimate of drug-likeness (QED) is 0.220. The van der Waals surface area contributed by atoms with Gasteiger partial charge in [0, 0.05) is 42.1 Å². The Morgan fingerprint density at radius 2 is 1.75 bits per heavy atom. The number of amides is 2. The summed E-state index contributed by atoms with van der Waals surface area (Å²) < 4.78 is 52.7. The number of nitrogens with one attached hydrogen (secondary N) is 2. The number of halogens is 6. The third-order valence-electron chi connectivity index (χ3n) is 5.39. The van der Waals surface area contributed by atoms with Crippen molar-refractivity contribution in [1.82, 2.24) is 10.4 Å². The summed E-state index contributed by atoms with van der Waals surface area (Å²) in [6, 6.07) is 0. The molecule has 40 heavy (non-hydrogen) atoms. The first kappa shape index (κ1) is 33.6. The minimum atomic E-state index is -5.18. The molecule has 2 rings (SSSR count). The van der Waals surface area contributed by atoms with Gasteiger partial charge in [0.15, 0.2) is 5.60 Å². The lowest BCUT2D eigenvalue weighted by Gasteiger charge is -2.32. The van der Waals surface area contributed by atoms with Crippen LogP contribution in [0.15, 0.2) is 68.4 Å². The highest BCUT2D eigenvalue weighted by molar-refractivity contribution is 6.35. The smallest absolute Gasteiger partial charge is 0.433 e. The number of ether oxygens (including phenoxy) is 2. The van der Waals surface area contributed by atoms with Crippen LogP contribution in [-0.2, 0) is 14.3 Å². The van der Waals surface area contributed by atoms with E-state index in [4.69, 9.17) is 49.7 Å². The van der Waals surface area contributed by atoms with Crippen LogP contribution in [-0.4, -0.2) is 58.9 Å². The largest absolute Gasteiger partial charge is 0.442 e. The predicted molar refractivity (Wildman–Crippen MR) is 147 cm³/mol. The van der Waals surface area contributed by atoms with Gasteiger partial charge in [-0.3, -0.25) is 10.2 Å². The normalized spacial score (nSPS) is 17.9. The van der Waals surface area contributed by atoms with Gasteiger partial charge in [0.05, 0.1) is 10.7 Å². The van der Waals surface area contributed by atoms with E-state index in [-0.39, 0.29) is 39.2 Å². The molecule has 0 spiro atoms. The zero-order valence-corrected chi connectivity index (χ0v) is 24.4. The Morgan fingerprint density at radius 3 is 2.33 bits per heavy atom. The van der Waals surface area contributed by atoms with Crippen LogP contribution in [0, 0.1) is 5.41 Å². The first-order chi connectivity index (χ1) is 18.4. The second kappa shape index (κ2) is 13.4. The molecular formula is C26H29Cl3F3N3O5. The Morgan fingerprint density at radius 1 is 1.10 bits per heavy atom. The molecule has 220 valence electrons. The zero-order chi connectivity index (χ0) is 30.5. The van der Waals surface area contributed by atoms with Crippen molar-refractivity contribution in [1.29, 1.82) is 5.41 Å². The van der Waals surface area contributed by atoms with E-state index in [1.54, 1.807) is 20.8 Å². The number of alkyl halides is 3. The van der Waals surface area contributed by atoms with E-state index in [1.165, 1.54) is 31.4 Å². The van der Waals surface area contributed by atoms with E-state index in [0.29, 0.717) is 0 Å². The lowest BCUT2D eigenvalue weighted by molar-refractivity contribution is -0.240. The van der Waals surface area contributed by atoms with Gasteiger partial charge in [-0.25, -0.2) is 4.79 Å². The van der Waals surface area contributed by atoms with Crippen LogP contribution in [0.5, 0.6) is 0 Å². The lowest BCUT2D eigenvalue weighted by Crippen LogP contribution is -2.48. The highest BCUT2D eigenvalue weighted by atomic mass is 35.5. The maximum Gasteiger partial charge on any atom is 0.433 e. The fraction of sp³-hybridized carbons (Fsp3) is 0.423. The number of nitrogens with zero attached hydrogens (tertiary/aromatic N) is 1. The number of hydrogen-bond donors (Lipinski definition) is 3. The molecule has 0 aromatic rings. The van der Waals surface area contributed by atoms with Crippen molar-refractivity contribution >= 4 is 52.5 Å². The van der Waals surface area contributed by atoms with Gasteiger partial charge in [0.25, 0.3) is 5.91 Å². The summed E-state index contributed by atoms with van der Waals surface area (Å²) in [4.78, 5) is 25.1. The third-order valence-corrected chi connectivity index (χ3v) is 6.22. The SMILES string of the molecule is COCC(=O)NN(C(=O)OC(C)(C)C)C1=C(Cl)C=CC(C(=N)CC(O)(C2=CCC(Cl)=CC(Cl)=C2)C(F)(F)F)=CC1. The minimum absolute atomic E-state index is 0.0105. The maximum absolute atomic E-state index is 14.2. The summed E-state index contributed by atoms with van der Waals surface area (Å²) in [5.74, 6) is -0.705. The van der Waals surface area contributed by atoms with Gasteiger partial charge < -0.3 is 20.0 Å². The van der Waals surface area contributed by atoms with Gasteiger partial charge >= 0.3 is 12.3 Å². The molecular weight excluding hydrogens is 598 g/mol. The van der Waals surface area contributed by atoms with Crippen LogP contribution in [0.1, 0.15) is 40.0 Å². The third kappa shape index (κ3) is 8.97. The summed E-state index contributed by atoms with van der Waals surface area (Å²) in [6.07, 6.45) is -0.445. The van der Waals surface area contributed by atoms with E-state index >= 15 is 0 Å². The number of carbonyl (C=O) groups excluding carboxylic acids is 2. The highest BCUT2D eigenvalue weighted by Crippen LogP contribution is 2.42. The molecule has 14 heteroatoms. The van der Waals surface area contributed by atoms with Crippen molar-refractivity contribution in [2.45, 2.75) is 57.4 Å². The van der Waals surface area contributed by atoms with Gasteiger partial charge in [-0.1, -0.05) is 53.0 Å². The topological polar surface area (TPSA) is 112 Å². The van der Waals surface area contributed by atoms with Crippen molar-refractivity contribution in [2.75, 3.05) is 13.7 Å². The van der Waals surface area contributed by atoms with Gasteiger partial charge in [-0.05, 0) is 50.1 Å². The molecule has 0 aromatic carbocycles. The molecule has 0 radical (unpaired) electrons. The Bertz CT molecular complexity index is 1230. The van der Waals surface area contributed by atoms with Crippen molar-refractivity contribution in [3.05, 3.63) is 68.4 Å². The molecule has 2 amide bonds. The molecule has 2 aliphatic carbocycles. The molecule has 1 atom stereocenters. The van der Waals surface area contributed by atoms with E-state index in [0.717, 1.165) is 17.2 Å². The number of hydrazine groups is 1. The van der Waals surface area contributed by atoms with Crippen LogP contribution in [0.3, 0.4) is 0 Å². The summed E-state index contributed by atoms with van der Waals surface area (Å²) in [6.45, 7) is 4.44. The van der Waals surface area contributed by atoms with Crippen LogP contribution < -0.4 is 5.43 Å². The Balaban J connectivity index is 2.40. The molecule has 0 saturated carbocycles. The average molecular weight is 627 g/mol. The van der Waals surface area contributed by atoms with Crippen LogP contribution >= 0.6 is 34.8 Å². The zero-order valence-electron chi connectivity index (χ0n) is 22.1. The monoisotopic (exact) mass is 625 g/mol. The average Bonchev–Trinajstić information content (AvgIpc) is 3.10. The molecule has 0 aromatic heterocycles. The Kier molecular flexibility index (Phi) is 11.3. The van der Waals surface area contributed by atoms with Crippen LogP contribution in [0.2, 0.25) is 0 Å². The Labute approximate surface area is 244 Å². The lowest BCUT2D eigenvalue weighted by atomic mass is 9.84. The van der Waals surface area contributed by atoms with Crippen molar-refractivity contribution in [3.63, 3.8) is 0 Å². The molecule has 3 N–H and O–H groups in total.